The van der Waals surface area contributed by atoms with Crippen molar-refractivity contribution in [2.45, 2.75) is 25.5 Å². The lowest BCUT2D eigenvalue weighted by Crippen LogP contribution is -2.37. The van der Waals surface area contributed by atoms with Crippen molar-refractivity contribution in [1.82, 2.24) is 9.88 Å². The van der Waals surface area contributed by atoms with Gasteiger partial charge in [0.2, 0.25) is 0 Å². The van der Waals surface area contributed by atoms with Gasteiger partial charge in [-0.3, -0.25) is 4.90 Å². The lowest BCUT2D eigenvalue weighted by Gasteiger charge is -2.29. The van der Waals surface area contributed by atoms with Crippen molar-refractivity contribution in [3.8, 4) is 0 Å². The highest BCUT2D eigenvalue weighted by Crippen LogP contribution is 2.22. The number of nitrogens with one attached hydrogen (secondary N) is 1. The van der Waals surface area contributed by atoms with Gasteiger partial charge >= 0.3 is 0 Å². The first-order valence-corrected chi connectivity index (χ1v) is 7.84. The number of nitrogens with zero attached hydrogens (tertiary/aromatic N) is 2. The van der Waals surface area contributed by atoms with E-state index in [9.17, 15) is 5.11 Å². The number of rotatable bonds is 4. The molecule has 2 N–H and O–H groups in total. The van der Waals surface area contributed by atoms with E-state index in [4.69, 9.17) is 0 Å². The summed E-state index contributed by atoms with van der Waals surface area (Å²) in [7, 11) is 0. The van der Waals surface area contributed by atoms with Gasteiger partial charge in [-0.25, -0.2) is 4.98 Å². The van der Waals surface area contributed by atoms with Crippen LogP contribution in [0.2, 0.25) is 0 Å². The van der Waals surface area contributed by atoms with Crippen LogP contribution in [0.15, 0.2) is 35.7 Å². The molecule has 2 aromatic rings. The molecule has 3 rings (SSSR count). The molecule has 1 aromatic carbocycles. The third kappa shape index (κ3) is 3.56. The van der Waals surface area contributed by atoms with E-state index in [0.29, 0.717) is 0 Å². The number of β-amino-alcohol motifs (C(OH)–C–C–N with tert-alkyl or cyclic N) is 1. The molecule has 106 valence electrons. The van der Waals surface area contributed by atoms with E-state index in [0.717, 1.165) is 49.0 Å². The van der Waals surface area contributed by atoms with E-state index < -0.39 is 0 Å². The Hall–Kier alpha value is -1.43. The van der Waals surface area contributed by atoms with Gasteiger partial charge in [-0.15, -0.1) is 11.3 Å². The Morgan fingerprint density at radius 1 is 1.35 bits per heavy atom. The van der Waals surface area contributed by atoms with Gasteiger partial charge in [0.1, 0.15) is 0 Å². The van der Waals surface area contributed by atoms with Crippen LogP contribution in [0.25, 0.3) is 0 Å². The normalized spacial score (nSPS) is 19.9. The Kier molecular flexibility index (Phi) is 4.30. The quantitative estimate of drug-likeness (QED) is 0.908. The highest BCUT2D eigenvalue weighted by Gasteiger charge is 2.18. The fourth-order valence-corrected chi connectivity index (χ4v) is 3.21. The van der Waals surface area contributed by atoms with Crippen molar-refractivity contribution in [1.29, 1.82) is 0 Å². The second kappa shape index (κ2) is 6.35. The van der Waals surface area contributed by atoms with Crippen LogP contribution in [0, 0.1) is 0 Å². The minimum atomic E-state index is -0.177. The number of aliphatic hydroxyl groups excluding tert-OH is 1. The van der Waals surface area contributed by atoms with E-state index in [-0.39, 0.29) is 6.10 Å². The lowest BCUT2D eigenvalue weighted by molar-refractivity contribution is 0.0663. The number of aromatic nitrogens is 1. The van der Waals surface area contributed by atoms with Crippen LogP contribution >= 0.6 is 11.3 Å². The largest absolute Gasteiger partial charge is 0.392 e. The number of para-hydroxylation sites is 1. The molecule has 4 nitrogen and oxygen atoms in total. The third-order valence-corrected chi connectivity index (χ3v) is 4.25. The molecule has 5 heteroatoms. The zero-order valence-electron chi connectivity index (χ0n) is 11.3. The molecule has 1 aliphatic heterocycles. The number of likely N-dealkylation sites (tertiary alicyclic amines) is 1. The molecule has 1 unspecified atom stereocenters. The first-order valence-electron chi connectivity index (χ1n) is 6.96. The van der Waals surface area contributed by atoms with Crippen molar-refractivity contribution in [3.63, 3.8) is 0 Å². The lowest BCUT2D eigenvalue weighted by atomic mass is 10.1. The molecule has 20 heavy (non-hydrogen) atoms. The average molecular weight is 289 g/mol. The molecular weight excluding hydrogens is 270 g/mol. The van der Waals surface area contributed by atoms with Gasteiger partial charge < -0.3 is 10.4 Å². The number of thiazole rings is 1. The Bertz CT molecular complexity index is 543. The van der Waals surface area contributed by atoms with Gasteiger partial charge in [0, 0.05) is 24.2 Å². The average Bonchev–Trinajstić information content (AvgIpc) is 2.87. The molecule has 0 spiro atoms. The standard InChI is InChI=1S/C15H19N3OS/c19-14-7-4-8-18(10-14)9-13-11-20-15(17-13)16-12-5-2-1-3-6-12/h1-3,5-6,11,14,19H,4,7-10H2,(H,16,17). The van der Waals surface area contributed by atoms with E-state index in [1.165, 1.54) is 0 Å². The molecule has 0 aliphatic carbocycles. The van der Waals surface area contributed by atoms with Crippen molar-refractivity contribution in [2.24, 2.45) is 0 Å². The number of hydrogen-bond donors (Lipinski definition) is 2. The van der Waals surface area contributed by atoms with Crippen molar-refractivity contribution < 1.29 is 5.11 Å². The van der Waals surface area contributed by atoms with E-state index in [2.05, 4.69) is 20.6 Å². The molecule has 1 aliphatic rings. The fraction of sp³-hybridized carbons (Fsp3) is 0.400. The zero-order valence-corrected chi connectivity index (χ0v) is 12.1. The summed E-state index contributed by atoms with van der Waals surface area (Å²) >= 11 is 1.62. The van der Waals surface area contributed by atoms with Gasteiger partial charge in [0.05, 0.1) is 11.8 Å². The number of benzene rings is 1. The smallest absolute Gasteiger partial charge is 0.187 e. The molecule has 0 amide bonds. The summed E-state index contributed by atoms with van der Waals surface area (Å²) in [5, 5.41) is 16.0. The van der Waals surface area contributed by atoms with E-state index >= 15 is 0 Å². The maximum absolute atomic E-state index is 9.69. The SMILES string of the molecule is OC1CCCN(Cc2csc(Nc3ccccc3)n2)C1. The van der Waals surface area contributed by atoms with Crippen LogP contribution in [-0.4, -0.2) is 34.2 Å². The van der Waals surface area contributed by atoms with Crippen LogP contribution in [0.4, 0.5) is 10.8 Å². The first-order chi connectivity index (χ1) is 9.79. The summed E-state index contributed by atoms with van der Waals surface area (Å²) < 4.78 is 0. The molecule has 0 bridgehead atoms. The summed E-state index contributed by atoms with van der Waals surface area (Å²) in [6.07, 6.45) is 1.82. The monoisotopic (exact) mass is 289 g/mol. The van der Waals surface area contributed by atoms with E-state index in [1.807, 2.05) is 30.3 Å². The predicted octanol–water partition coefficient (Wildman–Crippen LogP) is 2.84. The van der Waals surface area contributed by atoms with Gasteiger partial charge in [-0.05, 0) is 31.5 Å². The third-order valence-electron chi connectivity index (χ3n) is 3.44. The maximum atomic E-state index is 9.69. The molecular formula is C15H19N3OS. The topological polar surface area (TPSA) is 48.4 Å². The Morgan fingerprint density at radius 2 is 2.20 bits per heavy atom. The van der Waals surface area contributed by atoms with Gasteiger partial charge in [-0.1, -0.05) is 18.2 Å². The molecule has 1 saturated heterocycles. The van der Waals surface area contributed by atoms with Crippen molar-refractivity contribution in [2.75, 3.05) is 18.4 Å². The summed E-state index contributed by atoms with van der Waals surface area (Å²) in [4.78, 5) is 6.88. The summed E-state index contributed by atoms with van der Waals surface area (Å²) in [5.41, 5.74) is 2.13. The fourth-order valence-electron chi connectivity index (χ4n) is 2.49. The second-order valence-corrected chi connectivity index (χ2v) is 6.02. The van der Waals surface area contributed by atoms with Crippen molar-refractivity contribution in [3.05, 3.63) is 41.4 Å². The molecule has 1 atom stereocenters. The van der Waals surface area contributed by atoms with E-state index in [1.54, 1.807) is 11.3 Å². The van der Waals surface area contributed by atoms with Crippen LogP contribution in [0.1, 0.15) is 18.5 Å². The van der Waals surface area contributed by atoms with Gasteiger partial charge in [0.15, 0.2) is 5.13 Å². The predicted molar refractivity (Wildman–Crippen MR) is 82.4 cm³/mol. The Balaban J connectivity index is 1.59. The second-order valence-electron chi connectivity index (χ2n) is 5.17. The highest BCUT2D eigenvalue weighted by atomic mass is 32.1. The van der Waals surface area contributed by atoms with Gasteiger partial charge in [-0.2, -0.15) is 0 Å². The van der Waals surface area contributed by atoms with Crippen LogP contribution < -0.4 is 5.32 Å². The molecule has 0 radical (unpaired) electrons. The summed E-state index contributed by atoms with van der Waals surface area (Å²) in [6, 6.07) is 10.1. The molecule has 1 fully saturated rings. The molecule has 1 aromatic heterocycles. The van der Waals surface area contributed by atoms with Crippen molar-refractivity contribution >= 4 is 22.2 Å². The Labute approximate surface area is 123 Å². The first kappa shape index (κ1) is 13.5. The molecule has 0 saturated carbocycles. The number of piperidine rings is 1. The van der Waals surface area contributed by atoms with Crippen LogP contribution in [0.5, 0.6) is 0 Å². The number of aliphatic hydroxyl groups is 1. The summed E-state index contributed by atoms with van der Waals surface area (Å²) in [6.45, 7) is 2.64. The zero-order chi connectivity index (χ0) is 13.8. The maximum Gasteiger partial charge on any atom is 0.187 e. The van der Waals surface area contributed by atoms with Crippen LogP contribution in [0.3, 0.4) is 0 Å². The minimum Gasteiger partial charge on any atom is -0.392 e. The van der Waals surface area contributed by atoms with Crippen LogP contribution in [-0.2, 0) is 6.54 Å². The van der Waals surface area contributed by atoms with Gasteiger partial charge in [0.25, 0.3) is 0 Å². The number of anilines is 2. The highest BCUT2D eigenvalue weighted by molar-refractivity contribution is 7.13. The summed E-state index contributed by atoms with van der Waals surface area (Å²) in [5.74, 6) is 0. The number of hydrogen-bond acceptors (Lipinski definition) is 5. The Morgan fingerprint density at radius 3 is 3.00 bits per heavy atom. The molecule has 2 heterocycles. The minimum absolute atomic E-state index is 0.177.